The molecule has 1 saturated heterocycles. The van der Waals surface area contributed by atoms with Gasteiger partial charge in [0.25, 0.3) is 5.91 Å². The molecule has 1 aliphatic heterocycles. The molecule has 0 bridgehead atoms. The van der Waals surface area contributed by atoms with E-state index in [0.717, 1.165) is 29.4 Å². The molecule has 1 N–H and O–H groups in total. The van der Waals surface area contributed by atoms with E-state index in [4.69, 9.17) is 9.47 Å². The van der Waals surface area contributed by atoms with Crippen LogP contribution in [0.2, 0.25) is 0 Å². The van der Waals surface area contributed by atoms with E-state index in [1.807, 2.05) is 19.9 Å². The number of carbonyl (C=O) groups excluding carboxylic acids is 2. The fraction of sp³-hybridized carbons (Fsp3) is 0.435. The predicted molar refractivity (Wildman–Crippen MR) is 126 cm³/mol. The molecule has 9 nitrogen and oxygen atoms in total. The van der Waals surface area contributed by atoms with Crippen LogP contribution in [0, 0.1) is 19.8 Å². The molecular weight excluding hydrogens is 442 g/mol. The summed E-state index contributed by atoms with van der Waals surface area (Å²) in [5.74, 6) is 0.948. The number of thiophene rings is 1. The highest BCUT2D eigenvalue weighted by Crippen LogP contribution is 2.36. The average molecular weight is 470 g/mol. The SMILES string of the molecule is COCc1nc(OC)c2c(C)c(C(=O)N3CCCC(C(=O)Nc4ccc(C)cn4)C3)sc2n1. The molecule has 0 aliphatic carbocycles. The van der Waals surface area contributed by atoms with Gasteiger partial charge in [-0.05, 0) is 43.9 Å². The van der Waals surface area contributed by atoms with Gasteiger partial charge in [0.15, 0.2) is 5.82 Å². The lowest BCUT2D eigenvalue weighted by Crippen LogP contribution is -2.43. The second-order valence-electron chi connectivity index (χ2n) is 8.12. The number of aryl methyl sites for hydroxylation is 2. The number of rotatable bonds is 6. The standard InChI is InChI=1S/C23H27N5O4S/c1-13-7-8-16(24-10-13)25-20(29)15-6-5-9-28(11-15)23(30)19-14(2)18-21(32-4)26-17(12-31-3)27-22(18)33-19/h7-8,10,15H,5-6,9,11-12H2,1-4H3,(H,24,25,29). The number of aromatic nitrogens is 3. The van der Waals surface area contributed by atoms with Crippen molar-refractivity contribution in [3.8, 4) is 5.88 Å². The van der Waals surface area contributed by atoms with Crippen LogP contribution in [0.4, 0.5) is 5.82 Å². The fourth-order valence-corrected chi connectivity index (χ4v) is 5.14. The van der Waals surface area contributed by atoms with Crippen LogP contribution >= 0.6 is 11.3 Å². The summed E-state index contributed by atoms with van der Waals surface area (Å²) in [6, 6.07) is 3.69. The Bertz CT molecular complexity index is 1180. The Balaban J connectivity index is 1.54. The minimum atomic E-state index is -0.289. The molecule has 3 aromatic heterocycles. The van der Waals surface area contributed by atoms with E-state index in [2.05, 4.69) is 20.3 Å². The smallest absolute Gasteiger partial charge is 0.264 e. The summed E-state index contributed by atoms with van der Waals surface area (Å²) in [6.07, 6.45) is 3.20. The summed E-state index contributed by atoms with van der Waals surface area (Å²) in [6.45, 7) is 5.05. The molecule has 0 saturated carbocycles. The zero-order valence-corrected chi connectivity index (χ0v) is 20.0. The van der Waals surface area contributed by atoms with Crippen LogP contribution in [-0.4, -0.2) is 59.0 Å². The van der Waals surface area contributed by atoms with Crippen molar-refractivity contribution in [1.29, 1.82) is 0 Å². The van der Waals surface area contributed by atoms with E-state index in [9.17, 15) is 9.59 Å². The van der Waals surface area contributed by atoms with Gasteiger partial charge < -0.3 is 19.7 Å². The Labute approximate surface area is 196 Å². The van der Waals surface area contributed by atoms with Crippen molar-refractivity contribution in [3.05, 3.63) is 40.2 Å². The molecule has 0 radical (unpaired) electrons. The first-order valence-electron chi connectivity index (χ1n) is 10.8. The number of likely N-dealkylation sites (tertiary alicyclic amines) is 1. The van der Waals surface area contributed by atoms with Gasteiger partial charge in [-0.2, -0.15) is 4.98 Å². The van der Waals surface area contributed by atoms with Crippen molar-refractivity contribution in [1.82, 2.24) is 19.9 Å². The number of carbonyl (C=O) groups is 2. The van der Waals surface area contributed by atoms with Crippen molar-refractivity contribution in [2.75, 3.05) is 32.6 Å². The maximum Gasteiger partial charge on any atom is 0.264 e. The predicted octanol–water partition coefficient (Wildman–Crippen LogP) is 3.35. The normalized spacial score (nSPS) is 16.1. The van der Waals surface area contributed by atoms with Crippen molar-refractivity contribution < 1.29 is 19.1 Å². The second kappa shape index (κ2) is 9.80. The largest absolute Gasteiger partial charge is 0.480 e. The molecule has 3 aromatic rings. The Morgan fingerprint density at radius 3 is 2.76 bits per heavy atom. The third kappa shape index (κ3) is 4.81. The van der Waals surface area contributed by atoms with Crippen LogP contribution < -0.4 is 10.1 Å². The van der Waals surface area contributed by atoms with E-state index in [-0.39, 0.29) is 24.3 Å². The van der Waals surface area contributed by atoms with Crippen molar-refractivity contribution >= 4 is 39.2 Å². The molecule has 1 unspecified atom stereocenters. The van der Waals surface area contributed by atoms with Crippen molar-refractivity contribution in [2.24, 2.45) is 5.92 Å². The molecule has 10 heteroatoms. The second-order valence-corrected chi connectivity index (χ2v) is 9.12. The van der Waals surface area contributed by atoms with Gasteiger partial charge in [0.1, 0.15) is 17.3 Å². The lowest BCUT2D eigenvalue weighted by atomic mass is 9.96. The average Bonchev–Trinajstić information content (AvgIpc) is 3.16. The van der Waals surface area contributed by atoms with E-state index < -0.39 is 0 Å². The maximum absolute atomic E-state index is 13.4. The number of amides is 2. The summed E-state index contributed by atoms with van der Waals surface area (Å²) in [5.41, 5.74) is 1.81. The van der Waals surface area contributed by atoms with Crippen LogP contribution in [0.1, 0.15) is 39.5 Å². The summed E-state index contributed by atoms with van der Waals surface area (Å²) in [4.78, 5) is 42.5. The number of methoxy groups -OCH3 is 2. The number of nitrogens with one attached hydrogen (secondary N) is 1. The third-order valence-corrected chi connectivity index (χ3v) is 6.88. The Kier molecular flexibility index (Phi) is 6.85. The van der Waals surface area contributed by atoms with Crippen LogP contribution in [0.25, 0.3) is 10.2 Å². The molecule has 174 valence electrons. The molecule has 33 heavy (non-hydrogen) atoms. The number of nitrogens with zero attached hydrogens (tertiary/aromatic N) is 4. The monoisotopic (exact) mass is 469 g/mol. The van der Waals surface area contributed by atoms with E-state index in [1.165, 1.54) is 11.3 Å². The van der Waals surface area contributed by atoms with Gasteiger partial charge in [-0.25, -0.2) is 9.97 Å². The first-order chi connectivity index (χ1) is 15.9. The summed E-state index contributed by atoms with van der Waals surface area (Å²) in [5, 5.41) is 3.61. The highest BCUT2D eigenvalue weighted by atomic mass is 32.1. The zero-order valence-electron chi connectivity index (χ0n) is 19.2. The van der Waals surface area contributed by atoms with Gasteiger partial charge in [0, 0.05) is 26.4 Å². The van der Waals surface area contributed by atoms with Gasteiger partial charge in [-0.15, -0.1) is 11.3 Å². The Morgan fingerprint density at radius 2 is 2.06 bits per heavy atom. The lowest BCUT2D eigenvalue weighted by molar-refractivity contribution is -0.121. The minimum Gasteiger partial charge on any atom is -0.480 e. The molecule has 4 rings (SSSR count). The molecule has 0 aromatic carbocycles. The molecule has 4 heterocycles. The van der Waals surface area contributed by atoms with Crippen LogP contribution in [-0.2, 0) is 16.1 Å². The number of pyridine rings is 1. The number of hydrogen-bond donors (Lipinski definition) is 1. The minimum absolute atomic E-state index is 0.100. The van der Waals surface area contributed by atoms with Gasteiger partial charge in [0.2, 0.25) is 11.8 Å². The highest BCUT2D eigenvalue weighted by molar-refractivity contribution is 7.20. The Morgan fingerprint density at radius 1 is 1.24 bits per heavy atom. The van der Waals surface area contributed by atoms with E-state index in [0.29, 0.717) is 40.3 Å². The number of anilines is 1. The number of hydrogen-bond acceptors (Lipinski definition) is 8. The molecule has 1 aliphatic rings. The first-order valence-corrected chi connectivity index (χ1v) is 11.6. The van der Waals surface area contributed by atoms with E-state index in [1.54, 1.807) is 31.4 Å². The molecular formula is C23H27N5O4S. The highest BCUT2D eigenvalue weighted by Gasteiger charge is 2.31. The van der Waals surface area contributed by atoms with Gasteiger partial charge in [0.05, 0.1) is 23.3 Å². The van der Waals surface area contributed by atoms with Crippen LogP contribution in [0.5, 0.6) is 5.88 Å². The van der Waals surface area contributed by atoms with Gasteiger partial charge in [-0.1, -0.05) is 6.07 Å². The Hall–Kier alpha value is -3.11. The molecule has 0 spiro atoms. The van der Waals surface area contributed by atoms with Crippen molar-refractivity contribution in [2.45, 2.75) is 33.3 Å². The molecule has 2 amide bonds. The summed E-state index contributed by atoms with van der Waals surface area (Å²) in [7, 11) is 3.13. The quantitative estimate of drug-likeness (QED) is 0.590. The van der Waals surface area contributed by atoms with Crippen LogP contribution in [0.3, 0.4) is 0 Å². The fourth-order valence-electron chi connectivity index (χ4n) is 3.98. The van der Waals surface area contributed by atoms with Gasteiger partial charge >= 0.3 is 0 Å². The zero-order chi connectivity index (χ0) is 23.5. The number of piperidine rings is 1. The van der Waals surface area contributed by atoms with E-state index >= 15 is 0 Å². The van der Waals surface area contributed by atoms with Gasteiger partial charge in [-0.3, -0.25) is 9.59 Å². The summed E-state index contributed by atoms with van der Waals surface area (Å²) < 4.78 is 10.6. The first kappa shape index (κ1) is 23.1. The third-order valence-electron chi connectivity index (χ3n) is 5.71. The number of fused-ring (bicyclic) bond motifs is 1. The topological polar surface area (TPSA) is 107 Å². The lowest BCUT2D eigenvalue weighted by Gasteiger charge is -2.31. The molecule has 1 atom stereocenters. The molecule has 1 fully saturated rings. The number of ether oxygens (including phenoxy) is 2. The van der Waals surface area contributed by atoms with Crippen molar-refractivity contribution in [3.63, 3.8) is 0 Å². The maximum atomic E-state index is 13.4. The van der Waals surface area contributed by atoms with Crippen LogP contribution in [0.15, 0.2) is 18.3 Å². The summed E-state index contributed by atoms with van der Waals surface area (Å²) >= 11 is 1.32.